The summed E-state index contributed by atoms with van der Waals surface area (Å²) in [5.41, 5.74) is 4.03. The van der Waals surface area contributed by atoms with Crippen molar-refractivity contribution in [3.8, 4) is 5.69 Å². The molecular formula is C25H28N4O2. The largest absolute Gasteiger partial charge is 0.359 e. The number of nitrogens with one attached hydrogen (secondary N) is 1. The second-order valence-corrected chi connectivity index (χ2v) is 10.0. The fraction of sp³-hybridized carbons (Fsp3) is 0.480. The zero-order valence-corrected chi connectivity index (χ0v) is 18.1. The van der Waals surface area contributed by atoms with Gasteiger partial charge in [-0.25, -0.2) is 4.68 Å². The molecule has 7 rings (SSSR count). The number of aromatic nitrogens is 3. The summed E-state index contributed by atoms with van der Waals surface area (Å²) in [5.74, 6) is 2.85. The van der Waals surface area contributed by atoms with Gasteiger partial charge in [0.15, 0.2) is 5.76 Å². The van der Waals surface area contributed by atoms with Crippen LogP contribution in [-0.2, 0) is 5.41 Å². The van der Waals surface area contributed by atoms with Gasteiger partial charge in [0, 0.05) is 11.6 Å². The Morgan fingerprint density at radius 1 is 1.06 bits per heavy atom. The third-order valence-electron chi connectivity index (χ3n) is 7.79. The molecule has 6 heteroatoms. The van der Waals surface area contributed by atoms with Gasteiger partial charge in [-0.15, -0.1) is 0 Å². The summed E-state index contributed by atoms with van der Waals surface area (Å²) in [5, 5.41) is 12.1. The quantitative estimate of drug-likeness (QED) is 0.635. The number of rotatable bonds is 4. The van der Waals surface area contributed by atoms with Gasteiger partial charge in [-0.1, -0.05) is 23.4 Å². The fourth-order valence-electron chi connectivity index (χ4n) is 6.89. The van der Waals surface area contributed by atoms with Crippen LogP contribution in [0, 0.1) is 31.6 Å². The molecule has 4 saturated carbocycles. The molecule has 0 atom stereocenters. The summed E-state index contributed by atoms with van der Waals surface area (Å²) >= 11 is 0. The predicted molar refractivity (Wildman–Crippen MR) is 117 cm³/mol. The maximum atomic E-state index is 13.5. The zero-order chi connectivity index (χ0) is 21.2. The van der Waals surface area contributed by atoms with Crippen LogP contribution in [0.25, 0.3) is 5.69 Å². The molecule has 4 bridgehead atoms. The van der Waals surface area contributed by atoms with E-state index < -0.39 is 0 Å². The van der Waals surface area contributed by atoms with Crippen LogP contribution < -0.4 is 5.32 Å². The number of para-hydroxylation sites is 1. The number of nitrogens with zero attached hydrogens (tertiary/aromatic N) is 3. The molecule has 0 radical (unpaired) electrons. The first-order valence-electron chi connectivity index (χ1n) is 11.4. The summed E-state index contributed by atoms with van der Waals surface area (Å²) in [6, 6.07) is 10.1. The molecule has 6 nitrogen and oxygen atoms in total. The fourth-order valence-corrected chi connectivity index (χ4v) is 6.89. The molecule has 4 fully saturated rings. The first-order chi connectivity index (χ1) is 15.0. The Morgan fingerprint density at radius 3 is 2.29 bits per heavy atom. The van der Waals surface area contributed by atoms with E-state index in [1.54, 1.807) is 0 Å². The number of carbonyl (C=O) groups is 1. The maximum absolute atomic E-state index is 13.5. The second-order valence-electron chi connectivity index (χ2n) is 10.0. The first-order valence-corrected chi connectivity index (χ1v) is 11.4. The molecular weight excluding hydrogens is 388 g/mol. The van der Waals surface area contributed by atoms with E-state index >= 15 is 0 Å². The summed E-state index contributed by atoms with van der Waals surface area (Å²) < 4.78 is 7.14. The van der Waals surface area contributed by atoms with Gasteiger partial charge in [0.25, 0.3) is 5.91 Å². The van der Waals surface area contributed by atoms with Gasteiger partial charge in [0.2, 0.25) is 0 Å². The van der Waals surface area contributed by atoms with Crippen molar-refractivity contribution in [2.24, 2.45) is 17.8 Å². The molecule has 1 aromatic carbocycles. The molecule has 2 heterocycles. The van der Waals surface area contributed by atoms with E-state index in [1.165, 1.54) is 19.3 Å². The molecule has 4 aliphatic rings. The normalized spacial score (nSPS) is 28.8. The summed E-state index contributed by atoms with van der Waals surface area (Å²) in [6.45, 7) is 3.67. The number of aryl methyl sites for hydroxylation is 2. The number of amides is 1. The van der Waals surface area contributed by atoms with Crippen molar-refractivity contribution in [3.05, 3.63) is 59.2 Å². The van der Waals surface area contributed by atoms with Crippen LogP contribution in [0.2, 0.25) is 0 Å². The Balaban J connectivity index is 1.44. The van der Waals surface area contributed by atoms with Crippen molar-refractivity contribution in [1.29, 1.82) is 0 Å². The molecule has 3 aromatic rings. The minimum absolute atomic E-state index is 0.0280. The lowest BCUT2D eigenvalue weighted by Gasteiger charge is -2.56. The lowest BCUT2D eigenvalue weighted by atomic mass is 9.48. The van der Waals surface area contributed by atoms with Crippen LogP contribution in [0.5, 0.6) is 0 Å². The van der Waals surface area contributed by atoms with Crippen LogP contribution >= 0.6 is 0 Å². The highest BCUT2D eigenvalue weighted by molar-refractivity contribution is 6.05. The Labute approximate surface area is 182 Å². The Bertz CT molecular complexity index is 1090. The van der Waals surface area contributed by atoms with Crippen molar-refractivity contribution in [2.75, 3.05) is 5.32 Å². The number of hydrogen-bond donors (Lipinski definition) is 1. The van der Waals surface area contributed by atoms with Gasteiger partial charge in [-0.2, -0.15) is 5.10 Å². The summed E-state index contributed by atoms with van der Waals surface area (Å²) in [4.78, 5) is 13.5. The van der Waals surface area contributed by atoms with E-state index in [0.717, 1.165) is 48.4 Å². The molecule has 0 unspecified atom stereocenters. The molecule has 2 aromatic heterocycles. The Hall–Kier alpha value is -2.89. The number of anilines is 1. The highest BCUT2D eigenvalue weighted by Crippen LogP contribution is 2.60. The van der Waals surface area contributed by atoms with Crippen molar-refractivity contribution < 1.29 is 9.32 Å². The van der Waals surface area contributed by atoms with E-state index in [9.17, 15) is 4.79 Å². The number of hydrogen-bond acceptors (Lipinski definition) is 4. The SMILES string of the molecule is Cc1noc(C)c1NC(=O)c1cn(-c2ccccc2)nc1C12CC3CC(CC(C3)C1)C2. The predicted octanol–water partition coefficient (Wildman–Crippen LogP) is 5.20. The molecule has 160 valence electrons. The topological polar surface area (TPSA) is 73.0 Å². The smallest absolute Gasteiger partial charge is 0.259 e. The van der Waals surface area contributed by atoms with Gasteiger partial charge >= 0.3 is 0 Å². The highest BCUT2D eigenvalue weighted by atomic mass is 16.5. The number of benzene rings is 1. The summed E-state index contributed by atoms with van der Waals surface area (Å²) in [6.07, 6.45) is 9.48. The molecule has 0 aliphatic heterocycles. The van der Waals surface area contributed by atoms with Crippen molar-refractivity contribution in [1.82, 2.24) is 14.9 Å². The first kappa shape index (κ1) is 18.8. The van der Waals surface area contributed by atoms with E-state index in [1.807, 2.05) is 55.1 Å². The van der Waals surface area contributed by atoms with Gasteiger partial charge in [-0.3, -0.25) is 4.79 Å². The van der Waals surface area contributed by atoms with E-state index in [-0.39, 0.29) is 11.3 Å². The molecule has 31 heavy (non-hydrogen) atoms. The van der Waals surface area contributed by atoms with E-state index in [2.05, 4.69) is 10.5 Å². The second kappa shape index (κ2) is 6.81. The minimum atomic E-state index is -0.123. The minimum Gasteiger partial charge on any atom is -0.359 e. The molecule has 1 N–H and O–H groups in total. The molecule has 0 spiro atoms. The third kappa shape index (κ3) is 3.03. The molecule has 1 amide bonds. The van der Waals surface area contributed by atoms with Gasteiger partial charge in [0.05, 0.1) is 16.9 Å². The van der Waals surface area contributed by atoms with Gasteiger partial charge < -0.3 is 9.84 Å². The standard InChI is InChI=1S/C25H28N4O2/c1-15-22(16(2)31-28-15)26-24(30)21-14-29(20-6-4-3-5-7-20)27-23(21)25-11-17-8-18(12-25)10-19(9-17)13-25/h3-7,14,17-19H,8-13H2,1-2H3,(H,26,30). The maximum Gasteiger partial charge on any atom is 0.259 e. The van der Waals surface area contributed by atoms with Crippen LogP contribution in [-0.4, -0.2) is 20.8 Å². The number of carbonyl (C=O) groups excluding carboxylic acids is 1. The average Bonchev–Trinajstić information content (AvgIpc) is 3.34. The lowest BCUT2D eigenvalue weighted by molar-refractivity contribution is -0.00765. The van der Waals surface area contributed by atoms with Crippen LogP contribution in [0.1, 0.15) is 66.0 Å². The van der Waals surface area contributed by atoms with Gasteiger partial charge in [-0.05, 0) is 82.3 Å². The van der Waals surface area contributed by atoms with Gasteiger partial charge in [0.1, 0.15) is 11.4 Å². The van der Waals surface area contributed by atoms with E-state index in [0.29, 0.717) is 22.7 Å². The highest BCUT2D eigenvalue weighted by Gasteiger charge is 2.54. The monoisotopic (exact) mass is 416 g/mol. The molecule has 4 aliphatic carbocycles. The Morgan fingerprint density at radius 2 is 1.71 bits per heavy atom. The zero-order valence-electron chi connectivity index (χ0n) is 18.1. The lowest BCUT2D eigenvalue weighted by Crippen LogP contribution is -2.49. The van der Waals surface area contributed by atoms with E-state index in [4.69, 9.17) is 9.62 Å². The third-order valence-corrected chi connectivity index (χ3v) is 7.79. The van der Waals surface area contributed by atoms with Crippen molar-refractivity contribution in [3.63, 3.8) is 0 Å². The average molecular weight is 417 g/mol. The van der Waals surface area contributed by atoms with Crippen LogP contribution in [0.3, 0.4) is 0 Å². The molecule has 0 saturated heterocycles. The Kier molecular flexibility index (Phi) is 4.14. The van der Waals surface area contributed by atoms with Crippen LogP contribution in [0.4, 0.5) is 5.69 Å². The van der Waals surface area contributed by atoms with Crippen molar-refractivity contribution in [2.45, 2.75) is 57.8 Å². The van der Waals surface area contributed by atoms with Crippen LogP contribution in [0.15, 0.2) is 41.1 Å². The van der Waals surface area contributed by atoms with Crippen molar-refractivity contribution >= 4 is 11.6 Å². The summed E-state index contributed by atoms with van der Waals surface area (Å²) in [7, 11) is 0.